The van der Waals surface area contributed by atoms with E-state index in [2.05, 4.69) is 32.7 Å². The molecule has 1 atom stereocenters. The van der Waals surface area contributed by atoms with Crippen molar-refractivity contribution in [2.75, 3.05) is 15.5 Å². The highest BCUT2D eigenvalue weighted by molar-refractivity contribution is 5.98. The first-order valence-corrected chi connectivity index (χ1v) is 12.2. The number of amides is 2. The molecule has 37 heavy (non-hydrogen) atoms. The van der Waals surface area contributed by atoms with E-state index in [4.69, 9.17) is 10.7 Å². The summed E-state index contributed by atoms with van der Waals surface area (Å²) in [7, 11) is 0. The first-order chi connectivity index (χ1) is 18.0. The Morgan fingerprint density at radius 3 is 2.27 bits per heavy atom. The lowest BCUT2D eigenvalue weighted by atomic mass is 9.99. The van der Waals surface area contributed by atoms with Crippen molar-refractivity contribution in [1.82, 2.24) is 9.97 Å². The lowest BCUT2D eigenvalue weighted by Gasteiger charge is -2.34. The third-order valence-corrected chi connectivity index (χ3v) is 6.22. The van der Waals surface area contributed by atoms with Crippen LogP contribution in [0.5, 0.6) is 0 Å². The van der Waals surface area contributed by atoms with E-state index in [1.165, 1.54) is 13.1 Å². The number of para-hydroxylation sites is 1. The molecule has 4 N–H and O–H groups in total. The van der Waals surface area contributed by atoms with E-state index in [1.54, 1.807) is 12.1 Å². The van der Waals surface area contributed by atoms with Gasteiger partial charge in [0.1, 0.15) is 5.56 Å². The van der Waals surface area contributed by atoms with Gasteiger partial charge in [0.2, 0.25) is 11.9 Å². The minimum Gasteiger partial charge on any atom is -0.365 e. The van der Waals surface area contributed by atoms with Gasteiger partial charge in [-0.05, 0) is 54.7 Å². The molecule has 0 aliphatic heterocycles. The van der Waals surface area contributed by atoms with Gasteiger partial charge in [0.15, 0.2) is 5.82 Å². The summed E-state index contributed by atoms with van der Waals surface area (Å²) in [4.78, 5) is 35.4. The molecule has 1 aromatic heterocycles. The van der Waals surface area contributed by atoms with E-state index in [-0.39, 0.29) is 17.5 Å². The summed E-state index contributed by atoms with van der Waals surface area (Å²) < 4.78 is 0. The molecule has 1 unspecified atom stereocenters. The standard InChI is InChI=1S/C29H28N6O2/c1-19(36)32-22-11-8-12-23(17-22)33-29-31-18-25(27(30)37)28(34-29)35(24-13-6-3-7-14-24)26(21-15-16-21)20-9-4-2-5-10-20/h2-14,17-18,21,26H,15-16H2,1H3,(H2,30,37)(H,32,36)(H,31,33,34). The normalized spacial score (nSPS) is 13.4. The number of nitrogens with zero attached hydrogens (tertiary/aromatic N) is 3. The molecule has 4 aromatic rings. The molecular weight excluding hydrogens is 464 g/mol. The van der Waals surface area contributed by atoms with E-state index >= 15 is 0 Å². The third kappa shape index (κ3) is 5.59. The van der Waals surface area contributed by atoms with Gasteiger partial charge in [-0.3, -0.25) is 9.59 Å². The van der Waals surface area contributed by atoms with Crippen LogP contribution in [-0.4, -0.2) is 21.8 Å². The Balaban J connectivity index is 1.61. The largest absolute Gasteiger partial charge is 0.365 e. The SMILES string of the molecule is CC(=O)Nc1cccc(Nc2ncc(C(N)=O)c(N(c3ccccc3)C(c3ccccc3)C3CC3)n2)c1. The third-order valence-electron chi connectivity index (χ3n) is 6.22. The number of benzene rings is 3. The topological polar surface area (TPSA) is 113 Å². The summed E-state index contributed by atoms with van der Waals surface area (Å²) in [6.07, 6.45) is 3.64. The zero-order valence-electron chi connectivity index (χ0n) is 20.5. The van der Waals surface area contributed by atoms with Gasteiger partial charge in [-0.15, -0.1) is 0 Å². The Morgan fingerprint density at radius 2 is 1.62 bits per heavy atom. The molecule has 2 amide bonds. The summed E-state index contributed by atoms with van der Waals surface area (Å²) >= 11 is 0. The molecule has 5 rings (SSSR count). The molecule has 1 aliphatic carbocycles. The molecule has 0 radical (unpaired) electrons. The number of hydrogen-bond donors (Lipinski definition) is 3. The van der Waals surface area contributed by atoms with Gasteiger partial charge in [-0.2, -0.15) is 4.98 Å². The van der Waals surface area contributed by atoms with Crippen molar-refractivity contribution in [2.45, 2.75) is 25.8 Å². The number of hydrogen-bond acceptors (Lipinski definition) is 6. The zero-order valence-corrected chi connectivity index (χ0v) is 20.5. The fourth-order valence-corrected chi connectivity index (χ4v) is 4.50. The average molecular weight is 493 g/mol. The molecule has 0 saturated heterocycles. The fourth-order valence-electron chi connectivity index (χ4n) is 4.50. The summed E-state index contributed by atoms with van der Waals surface area (Å²) in [5, 5.41) is 5.97. The number of carbonyl (C=O) groups is 2. The number of rotatable bonds is 9. The highest BCUT2D eigenvalue weighted by Crippen LogP contribution is 2.49. The minimum atomic E-state index is -0.599. The van der Waals surface area contributed by atoms with Crippen LogP contribution < -0.4 is 21.3 Å². The molecule has 8 heteroatoms. The molecule has 1 fully saturated rings. The predicted octanol–water partition coefficient (Wildman–Crippen LogP) is 5.57. The average Bonchev–Trinajstić information content (AvgIpc) is 3.73. The van der Waals surface area contributed by atoms with Gasteiger partial charge >= 0.3 is 0 Å². The number of nitrogens with one attached hydrogen (secondary N) is 2. The molecule has 0 bridgehead atoms. The van der Waals surface area contributed by atoms with Gasteiger partial charge in [0.25, 0.3) is 5.91 Å². The van der Waals surface area contributed by atoms with Crippen molar-refractivity contribution in [1.29, 1.82) is 0 Å². The van der Waals surface area contributed by atoms with Crippen molar-refractivity contribution in [3.63, 3.8) is 0 Å². The van der Waals surface area contributed by atoms with Crippen LogP contribution in [0.3, 0.4) is 0 Å². The van der Waals surface area contributed by atoms with E-state index < -0.39 is 5.91 Å². The number of primary amides is 1. The first kappa shape index (κ1) is 24.0. The Kier molecular flexibility index (Phi) is 6.81. The molecule has 186 valence electrons. The predicted molar refractivity (Wildman–Crippen MR) is 145 cm³/mol. The lowest BCUT2D eigenvalue weighted by Crippen LogP contribution is -2.29. The van der Waals surface area contributed by atoms with Crippen molar-refractivity contribution in [3.8, 4) is 0 Å². The van der Waals surface area contributed by atoms with Crippen LogP contribution in [0.25, 0.3) is 0 Å². The second-order valence-electron chi connectivity index (χ2n) is 9.08. The smallest absolute Gasteiger partial charge is 0.254 e. The van der Waals surface area contributed by atoms with Gasteiger partial charge in [0, 0.05) is 30.2 Å². The highest BCUT2D eigenvalue weighted by Gasteiger charge is 2.39. The maximum Gasteiger partial charge on any atom is 0.254 e. The van der Waals surface area contributed by atoms with Crippen LogP contribution in [-0.2, 0) is 4.79 Å². The molecule has 1 aliphatic rings. The number of carbonyl (C=O) groups excluding carboxylic acids is 2. The zero-order chi connectivity index (χ0) is 25.8. The number of anilines is 5. The Morgan fingerprint density at radius 1 is 0.946 bits per heavy atom. The maximum atomic E-state index is 12.6. The highest BCUT2D eigenvalue weighted by atomic mass is 16.1. The first-order valence-electron chi connectivity index (χ1n) is 12.2. The lowest BCUT2D eigenvalue weighted by molar-refractivity contribution is -0.114. The van der Waals surface area contributed by atoms with Crippen LogP contribution >= 0.6 is 0 Å². The van der Waals surface area contributed by atoms with Crippen molar-refractivity contribution < 1.29 is 9.59 Å². The second-order valence-corrected chi connectivity index (χ2v) is 9.08. The van der Waals surface area contributed by atoms with Crippen molar-refractivity contribution >= 4 is 40.6 Å². The van der Waals surface area contributed by atoms with Gasteiger partial charge in [-0.25, -0.2) is 4.98 Å². The van der Waals surface area contributed by atoms with Crippen LogP contribution in [0.4, 0.5) is 28.8 Å². The Bertz CT molecular complexity index is 1410. The van der Waals surface area contributed by atoms with Gasteiger partial charge < -0.3 is 21.3 Å². The van der Waals surface area contributed by atoms with Crippen LogP contribution in [0.2, 0.25) is 0 Å². The van der Waals surface area contributed by atoms with Gasteiger partial charge in [0.05, 0.1) is 6.04 Å². The van der Waals surface area contributed by atoms with Crippen molar-refractivity contribution in [3.05, 3.63) is 102 Å². The molecular formula is C29H28N6O2. The quantitative estimate of drug-likeness (QED) is 0.282. The summed E-state index contributed by atoms with van der Waals surface area (Å²) in [5.74, 6) is 0.396. The summed E-state index contributed by atoms with van der Waals surface area (Å²) in [6.45, 7) is 1.46. The van der Waals surface area contributed by atoms with Crippen LogP contribution in [0, 0.1) is 5.92 Å². The minimum absolute atomic E-state index is 0.0347. The van der Waals surface area contributed by atoms with Gasteiger partial charge in [-0.1, -0.05) is 54.6 Å². The number of nitrogens with two attached hydrogens (primary N) is 1. The Hall–Kier alpha value is -4.72. The van der Waals surface area contributed by atoms with E-state index in [1.807, 2.05) is 60.7 Å². The van der Waals surface area contributed by atoms with Crippen LogP contribution in [0.1, 0.15) is 41.7 Å². The molecule has 3 aromatic carbocycles. The summed E-state index contributed by atoms with van der Waals surface area (Å²) in [5.41, 5.74) is 9.45. The Labute approximate surface area is 215 Å². The molecule has 8 nitrogen and oxygen atoms in total. The molecule has 1 saturated carbocycles. The van der Waals surface area contributed by atoms with E-state index in [0.717, 1.165) is 24.1 Å². The van der Waals surface area contributed by atoms with E-state index in [0.29, 0.717) is 29.1 Å². The van der Waals surface area contributed by atoms with Crippen molar-refractivity contribution in [2.24, 2.45) is 11.7 Å². The molecule has 0 spiro atoms. The summed E-state index contributed by atoms with van der Waals surface area (Å²) in [6, 6.07) is 27.4. The fraction of sp³-hybridized carbons (Fsp3) is 0.172. The second kappa shape index (κ2) is 10.5. The monoisotopic (exact) mass is 492 g/mol. The van der Waals surface area contributed by atoms with E-state index in [9.17, 15) is 9.59 Å². The molecule has 1 heterocycles. The number of aromatic nitrogens is 2. The maximum absolute atomic E-state index is 12.6. The van der Waals surface area contributed by atoms with Crippen LogP contribution in [0.15, 0.2) is 91.1 Å².